The Labute approximate surface area is 81.1 Å². The number of hydrogen-bond donors (Lipinski definition) is 1. The summed E-state index contributed by atoms with van der Waals surface area (Å²) in [4.78, 5) is 10.8. The highest BCUT2D eigenvalue weighted by Crippen LogP contribution is 2.23. The van der Waals surface area contributed by atoms with Crippen molar-refractivity contribution in [3.05, 3.63) is 35.1 Å². The molecule has 0 saturated carbocycles. The number of ether oxygens (including phenoxy) is 1. The lowest BCUT2D eigenvalue weighted by Crippen LogP contribution is -2.09. The number of carboxylic acids is 1. The minimum absolute atomic E-state index is 0.0562. The SMILES string of the molecule is COC(C)c1c(F)cccc1C(=O)O. The zero-order valence-electron chi connectivity index (χ0n) is 7.95. The second-order valence-corrected chi connectivity index (χ2v) is 2.88. The van der Waals surface area contributed by atoms with Crippen LogP contribution in [-0.4, -0.2) is 18.2 Å². The second-order valence-electron chi connectivity index (χ2n) is 2.88. The number of carboxylic acid groups (broad SMARTS) is 1. The van der Waals surface area contributed by atoms with Crippen molar-refractivity contribution in [1.29, 1.82) is 0 Å². The predicted molar refractivity (Wildman–Crippen MR) is 48.8 cm³/mol. The molecule has 1 aromatic rings. The zero-order valence-corrected chi connectivity index (χ0v) is 7.95. The number of methoxy groups -OCH3 is 1. The van der Waals surface area contributed by atoms with Crippen LogP contribution in [0.2, 0.25) is 0 Å². The molecule has 4 heteroatoms. The van der Waals surface area contributed by atoms with Gasteiger partial charge in [-0.1, -0.05) is 6.07 Å². The number of carbonyl (C=O) groups is 1. The Balaban J connectivity index is 3.29. The standard InChI is InChI=1S/C10H11FO3/c1-6(14-2)9-7(10(12)13)4-3-5-8(9)11/h3-6H,1-2H3,(H,12,13). The molecule has 1 atom stereocenters. The summed E-state index contributed by atoms with van der Waals surface area (Å²) in [5.74, 6) is -1.71. The van der Waals surface area contributed by atoms with Gasteiger partial charge in [-0.25, -0.2) is 9.18 Å². The number of hydrogen-bond acceptors (Lipinski definition) is 2. The van der Waals surface area contributed by atoms with E-state index in [1.807, 2.05) is 0 Å². The Morgan fingerprint density at radius 1 is 1.57 bits per heavy atom. The summed E-state index contributed by atoms with van der Waals surface area (Å²) in [6.45, 7) is 1.60. The molecule has 0 heterocycles. The summed E-state index contributed by atoms with van der Waals surface area (Å²) in [5.41, 5.74) is 0.0295. The maximum absolute atomic E-state index is 13.3. The maximum Gasteiger partial charge on any atom is 0.336 e. The topological polar surface area (TPSA) is 46.5 Å². The van der Waals surface area contributed by atoms with E-state index < -0.39 is 17.9 Å². The normalized spacial score (nSPS) is 12.5. The van der Waals surface area contributed by atoms with Crippen LogP contribution in [0.15, 0.2) is 18.2 Å². The average molecular weight is 198 g/mol. The van der Waals surface area contributed by atoms with Gasteiger partial charge >= 0.3 is 5.97 Å². The van der Waals surface area contributed by atoms with Gasteiger partial charge in [0, 0.05) is 12.7 Å². The van der Waals surface area contributed by atoms with E-state index >= 15 is 0 Å². The third-order valence-electron chi connectivity index (χ3n) is 2.04. The van der Waals surface area contributed by atoms with Crippen molar-refractivity contribution in [1.82, 2.24) is 0 Å². The summed E-state index contributed by atoms with van der Waals surface area (Å²) < 4.78 is 18.2. The highest BCUT2D eigenvalue weighted by atomic mass is 19.1. The molecule has 0 radical (unpaired) electrons. The lowest BCUT2D eigenvalue weighted by Gasteiger charge is -2.13. The quantitative estimate of drug-likeness (QED) is 0.810. The van der Waals surface area contributed by atoms with E-state index in [0.717, 1.165) is 0 Å². The van der Waals surface area contributed by atoms with Gasteiger partial charge in [-0.3, -0.25) is 0 Å². The fourth-order valence-corrected chi connectivity index (χ4v) is 1.25. The fraction of sp³-hybridized carbons (Fsp3) is 0.300. The van der Waals surface area contributed by atoms with Gasteiger partial charge < -0.3 is 9.84 Å². The molecule has 3 nitrogen and oxygen atoms in total. The number of aromatic carboxylic acids is 1. The lowest BCUT2D eigenvalue weighted by atomic mass is 10.0. The minimum Gasteiger partial charge on any atom is -0.478 e. The van der Waals surface area contributed by atoms with Crippen LogP contribution < -0.4 is 0 Å². The first-order chi connectivity index (χ1) is 6.57. The lowest BCUT2D eigenvalue weighted by molar-refractivity contribution is 0.0680. The summed E-state index contributed by atoms with van der Waals surface area (Å²) in [5, 5.41) is 8.81. The fourth-order valence-electron chi connectivity index (χ4n) is 1.25. The van der Waals surface area contributed by atoms with Gasteiger partial charge in [0.25, 0.3) is 0 Å². The Morgan fingerprint density at radius 2 is 2.21 bits per heavy atom. The third kappa shape index (κ3) is 1.90. The Hall–Kier alpha value is -1.42. The average Bonchev–Trinajstić information content (AvgIpc) is 2.16. The van der Waals surface area contributed by atoms with Gasteiger partial charge in [-0.2, -0.15) is 0 Å². The molecule has 1 N–H and O–H groups in total. The molecule has 0 aromatic heterocycles. The molecule has 76 valence electrons. The van der Waals surface area contributed by atoms with Crippen molar-refractivity contribution < 1.29 is 19.0 Å². The van der Waals surface area contributed by atoms with Crippen molar-refractivity contribution in [3.63, 3.8) is 0 Å². The van der Waals surface area contributed by atoms with E-state index in [2.05, 4.69) is 0 Å². The molecule has 0 saturated heterocycles. The molecule has 0 bridgehead atoms. The number of benzene rings is 1. The van der Waals surface area contributed by atoms with Crippen LogP contribution >= 0.6 is 0 Å². The van der Waals surface area contributed by atoms with E-state index in [1.165, 1.54) is 25.3 Å². The first-order valence-electron chi connectivity index (χ1n) is 4.12. The second kappa shape index (κ2) is 4.19. The van der Waals surface area contributed by atoms with Gasteiger partial charge in [0.2, 0.25) is 0 Å². The van der Waals surface area contributed by atoms with Crippen LogP contribution in [0.1, 0.15) is 28.9 Å². The van der Waals surface area contributed by atoms with Gasteiger partial charge in [0.15, 0.2) is 0 Å². The molecule has 0 aliphatic rings. The summed E-state index contributed by atoms with van der Waals surface area (Å²) >= 11 is 0. The van der Waals surface area contributed by atoms with Crippen molar-refractivity contribution in [2.75, 3.05) is 7.11 Å². The van der Waals surface area contributed by atoms with Gasteiger partial charge in [-0.05, 0) is 19.1 Å². The van der Waals surface area contributed by atoms with Crippen LogP contribution in [0.5, 0.6) is 0 Å². The van der Waals surface area contributed by atoms with E-state index in [-0.39, 0.29) is 11.1 Å². The van der Waals surface area contributed by atoms with Crippen LogP contribution in [-0.2, 0) is 4.74 Å². The zero-order chi connectivity index (χ0) is 10.7. The molecule has 0 spiro atoms. The van der Waals surface area contributed by atoms with Crippen LogP contribution in [0.4, 0.5) is 4.39 Å². The third-order valence-corrected chi connectivity index (χ3v) is 2.04. The number of rotatable bonds is 3. The molecule has 0 aliphatic carbocycles. The van der Waals surface area contributed by atoms with E-state index in [9.17, 15) is 9.18 Å². The smallest absolute Gasteiger partial charge is 0.336 e. The molecule has 1 unspecified atom stereocenters. The summed E-state index contributed by atoms with van der Waals surface area (Å²) in [6, 6.07) is 3.94. The number of halogens is 1. The first kappa shape index (κ1) is 10.7. The molecular weight excluding hydrogens is 187 g/mol. The predicted octanol–water partition coefficient (Wildman–Crippen LogP) is 2.23. The van der Waals surface area contributed by atoms with Crippen LogP contribution in [0.25, 0.3) is 0 Å². The van der Waals surface area contributed by atoms with Gasteiger partial charge in [0.05, 0.1) is 11.7 Å². The molecule has 1 rings (SSSR count). The molecule has 0 fully saturated rings. The molecular formula is C10H11FO3. The van der Waals surface area contributed by atoms with Crippen molar-refractivity contribution in [2.45, 2.75) is 13.0 Å². The van der Waals surface area contributed by atoms with Crippen molar-refractivity contribution >= 4 is 5.97 Å². The Kier molecular flexibility index (Phi) is 3.19. The summed E-state index contributed by atoms with van der Waals surface area (Å²) in [7, 11) is 1.41. The molecule has 14 heavy (non-hydrogen) atoms. The van der Waals surface area contributed by atoms with E-state index in [4.69, 9.17) is 9.84 Å². The van der Waals surface area contributed by atoms with Crippen LogP contribution in [0.3, 0.4) is 0 Å². The van der Waals surface area contributed by atoms with E-state index in [0.29, 0.717) is 0 Å². The van der Waals surface area contributed by atoms with Crippen molar-refractivity contribution in [2.24, 2.45) is 0 Å². The van der Waals surface area contributed by atoms with Gasteiger partial charge in [0.1, 0.15) is 5.82 Å². The highest BCUT2D eigenvalue weighted by Gasteiger charge is 2.18. The Bertz CT molecular complexity index is 349. The molecule has 1 aromatic carbocycles. The van der Waals surface area contributed by atoms with Crippen LogP contribution in [0, 0.1) is 5.82 Å². The minimum atomic E-state index is -1.15. The highest BCUT2D eigenvalue weighted by molar-refractivity contribution is 5.89. The molecule has 0 aliphatic heterocycles. The summed E-state index contributed by atoms with van der Waals surface area (Å²) in [6.07, 6.45) is -0.567. The van der Waals surface area contributed by atoms with E-state index in [1.54, 1.807) is 6.92 Å². The Morgan fingerprint density at radius 3 is 2.71 bits per heavy atom. The largest absolute Gasteiger partial charge is 0.478 e. The first-order valence-corrected chi connectivity index (χ1v) is 4.12. The maximum atomic E-state index is 13.3. The van der Waals surface area contributed by atoms with Gasteiger partial charge in [-0.15, -0.1) is 0 Å². The van der Waals surface area contributed by atoms with Crippen molar-refractivity contribution in [3.8, 4) is 0 Å². The monoisotopic (exact) mass is 198 g/mol. The molecule has 0 amide bonds.